The van der Waals surface area contributed by atoms with Crippen LogP contribution in [0.4, 0.5) is 5.00 Å². The largest absolute Gasteiger partial charge is 0.452 e. The van der Waals surface area contributed by atoms with Crippen molar-refractivity contribution in [3.05, 3.63) is 17.0 Å². The van der Waals surface area contributed by atoms with Gasteiger partial charge in [0.25, 0.3) is 11.8 Å². The lowest BCUT2D eigenvalue weighted by Gasteiger charge is -2.24. The molecule has 2 heterocycles. The first kappa shape index (κ1) is 19.3. The standard InChI is InChI=1S/C18H23N3O5S/c1-10(16(24)20-17-13(15(19)23)6-7-27-17)26-18(25)11-8-14(22)21(9-11)12-4-2-3-5-12/h6-7,10-12H,2-5,8-9H2,1H3,(H2,19,23)(H,20,24)/t10-,11-/m1/s1. The maximum Gasteiger partial charge on any atom is 0.312 e. The lowest BCUT2D eigenvalue weighted by atomic mass is 10.1. The molecular weight excluding hydrogens is 370 g/mol. The number of primary amides is 1. The number of hydrogen-bond donors (Lipinski definition) is 2. The van der Waals surface area contributed by atoms with E-state index in [1.165, 1.54) is 13.0 Å². The summed E-state index contributed by atoms with van der Waals surface area (Å²) in [4.78, 5) is 50.0. The first-order valence-electron chi connectivity index (χ1n) is 9.05. The predicted molar refractivity (Wildman–Crippen MR) is 99.1 cm³/mol. The average molecular weight is 393 g/mol. The van der Waals surface area contributed by atoms with Crippen molar-refractivity contribution in [3.8, 4) is 0 Å². The van der Waals surface area contributed by atoms with Crippen LogP contribution in [-0.4, -0.2) is 47.3 Å². The van der Waals surface area contributed by atoms with Crippen LogP contribution >= 0.6 is 11.3 Å². The van der Waals surface area contributed by atoms with Crippen LogP contribution in [0.5, 0.6) is 0 Å². The van der Waals surface area contributed by atoms with E-state index in [0.717, 1.165) is 37.0 Å². The van der Waals surface area contributed by atoms with Crippen molar-refractivity contribution in [1.29, 1.82) is 0 Å². The van der Waals surface area contributed by atoms with Gasteiger partial charge in [-0.3, -0.25) is 19.2 Å². The van der Waals surface area contributed by atoms with Gasteiger partial charge < -0.3 is 20.7 Å². The monoisotopic (exact) mass is 393 g/mol. The molecular formula is C18H23N3O5S. The van der Waals surface area contributed by atoms with Crippen LogP contribution in [0.1, 0.15) is 49.4 Å². The van der Waals surface area contributed by atoms with Gasteiger partial charge in [0.05, 0.1) is 11.5 Å². The maximum atomic E-state index is 12.4. The molecule has 1 aliphatic heterocycles. The molecule has 0 unspecified atom stereocenters. The molecule has 8 nitrogen and oxygen atoms in total. The summed E-state index contributed by atoms with van der Waals surface area (Å²) in [7, 11) is 0. The summed E-state index contributed by atoms with van der Waals surface area (Å²) in [6.07, 6.45) is 3.26. The van der Waals surface area contributed by atoms with Crippen LogP contribution in [0.2, 0.25) is 0 Å². The summed E-state index contributed by atoms with van der Waals surface area (Å²) >= 11 is 1.16. The van der Waals surface area contributed by atoms with Crippen molar-refractivity contribution in [2.45, 2.75) is 51.2 Å². The number of nitrogens with zero attached hydrogens (tertiary/aromatic N) is 1. The van der Waals surface area contributed by atoms with Crippen LogP contribution in [0.3, 0.4) is 0 Å². The Labute approximate surface area is 161 Å². The summed E-state index contributed by atoms with van der Waals surface area (Å²) in [5.74, 6) is -2.31. The topological polar surface area (TPSA) is 119 Å². The van der Waals surface area contributed by atoms with E-state index in [1.54, 1.807) is 10.3 Å². The average Bonchev–Trinajstić information content (AvgIpc) is 3.34. The SMILES string of the molecule is C[C@@H](OC(=O)[C@@H]1CC(=O)N(C2CCCC2)C1)C(=O)Nc1sccc1C(N)=O. The minimum absolute atomic E-state index is 0.0226. The van der Waals surface area contributed by atoms with Crippen molar-refractivity contribution in [3.63, 3.8) is 0 Å². The number of nitrogens with two attached hydrogens (primary N) is 1. The van der Waals surface area contributed by atoms with Gasteiger partial charge in [-0.1, -0.05) is 12.8 Å². The highest BCUT2D eigenvalue weighted by Gasteiger charge is 2.40. The first-order chi connectivity index (χ1) is 12.9. The highest BCUT2D eigenvalue weighted by atomic mass is 32.1. The quantitative estimate of drug-likeness (QED) is 0.710. The van der Waals surface area contributed by atoms with E-state index >= 15 is 0 Å². The van der Waals surface area contributed by atoms with Gasteiger partial charge in [0.15, 0.2) is 6.10 Å². The lowest BCUT2D eigenvalue weighted by molar-refractivity contribution is -0.157. The van der Waals surface area contributed by atoms with Gasteiger partial charge in [0.1, 0.15) is 5.00 Å². The molecule has 0 spiro atoms. The highest BCUT2D eigenvalue weighted by Crippen LogP contribution is 2.30. The Morgan fingerprint density at radius 3 is 2.70 bits per heavy atom. The fraction of sp³-hybridized carbons (Fsp3) is 0.556. The third-order valence-corrected chi connectivity index (χ3v) is 5.92. The second-order valence-corrected chi connectivity index (χ2v) is 7.90. The Hall–Kier alpha value is -2.42. The molecule has 0 bridgehead atoms. The summed E-state index contributed by atoms with van der Waals surface area (Å²) < 4.78 is 5.26. The molecule has 0 radical (unpaired) electrons. The number of amides is 3. The number of thiophene rings is 1. The molecule has 1 saturated heterocycles. The fourth-order valence-corrected chi connectivity index (χ4v) is 4.39. The molecule has 2 aliphatic rings. The van der Waals surface area contributed by atoms with Gasteiger partial charge >= 0.3 is 5.97 Å². The van der Waals surface area contributed by atoms with Crippen molar-refractivity contribution >= 4 is 40.0 Å². The van der Waals surface area contributed by atoms with Crippen LogP contribution in [-0.2, 0) is 19.1 Å². The van der Waals surface area contributed by atoms with Gasteiger partial charge in [-0.2, -0.15) is 0 Å². The normalized spacial score (nSPS) is 21.3. The predicted octanol–water partition coefficient (Wildman–Crippen LogP) is 1.51. The number of ether oxygens (including phenoxy) is 1. The number of rotatable bonds is 6. The molecule has 3 rings (SSSR count). The van der Waals surface area contributed by atoms with E-state index in [-0.39, 0.29) is 23.9 Å². The third kappa shape index (κ3) is 4.29. The summed E-state index contributed by atoms with van der Waals surface area (Å²) in [6.45, 7) is 1.81. The number of likely N-dealkylation sites (tertiary alicyclic amines) is 1. The van der Waals surface area contributed by atoms with Crippen LogP contribution in [0.25, 0.3) is 0 Å². The third-order valence-electron chi connectivity index (χ3n) is 5.09. The molecule has 3 N–H and O–H groups in total. The zero-order valence-corrected chi connectivity index (χ0v) is 15.9. The molecule has 2 atom stereocenters. The van der Waals surface area contributed by atoms with Crippen LogP contribution in [0, 0.1) is 5.92 Å². The Balaban J connectivity index is 1.54. The van der Waals surface area contributed by atoms with Crippen molar-refractivity contribution < 1.29 is 23.9 Å². The zero-order chi connectivity index (χ0) is 19.6. The Morgan fingerprint density at radius 1 is 1.33 bits per heavy atom. The summed E-state index contributed by atoms with van der Waals surface area (Å²) in [6, 6.07) is 1.74. The molecule has 1 aromatic heterocycles. The molecule has 27 heavy (non-hydrogen) atoms. The lowest BCUT2D eigenvalue weighted by Crippen LogP contribution is -2.36. The number of carbonyl (C=O) groups is 4. The molecule has 1 saturated carbocycles. The van der Waals surface area contributed by atoms with Crippen LogP contribution in [0.15, 0.2) is 11.4 Å². The number of anilines is 1. The molecule has 1 aliphatic carbocycles. The maximum absolute atomic E-state index is 12.4. The molecule has 3 amide bonds. The van der Waals surface area contributed by atoms with E-state index < -0.39 is 29.8 Å². The molecule has 2 fully saturated rings. The second-order valence-electron chi connectivity index (χ2n) is 6.98. The Kier molecular flexibility index (Phi) is 5.79. The summed E-state index contributed by atoms with van der Waals surface area (Å²) in [5.41, 5.74) is 5.46. The molecule has 146 valence electrons. The van der Waals surface area contributed by atoms with Gasteiger partial charge in [-0.15, -0.1) is 11.3 Å². The van der Waals surface area contributed by atoms with Crippen LogP contribution < -0.4 is 11.1 Å². The van der Waals surface area contributed by atoms with Gasteiger partial charge in [-0.25, -0.2) is 0 Å². The number of carbonyl (C=O) groups excluding carboxylic acids is 4. The minimum Gasteiger partial charge on any atom is -0.452 e. The zero-order valence-electron chi connectivity index (χ0n) is 15.1. The van der Waals surface area contributed by atoms with Crippen molar-refractivity contribution in [2.24, 2.45) is 11.7 Å². The Bertz CT molecular complexity index is 756. The van der Waals surface area contributed by atoms with Gasteiger partial charge in [0, 0.05) is 19.0 Å². The Morgan fingerprint density at radius 2 is 2.04 bits per heavy atom. The van der Waals surface area contributed by atoms with Gasteiger partial charge in [-0.05, 0) is 31.2 Å². The molecule has 0 aromatic carbocycles. The smallest absolute Gasteiger partial charge is 0.312 e. The molecule has 9 heteroatoms. The summed E-state index contributed by atoms with van der Waals surface area (Å²) in [5, 5.41) is 4.51. The van der Waals surface area contributed by atoms with E-state index in [9.17, 15) is 19.2 Å². The van der Waals surface area contributed by atoms with E-state index in [4.69, 9.17) is 10.5 Å². The first-order valence-corrected chi connectivity index (χ1v) is 9.93. The minimum atomic E-state index is -1.05. The van der Waals surface area contributed by atoms with E-state index in [2.05, 4.69) is 5.32 Å². The second kappa shape index (κ2) is 8.08. The highest BCUT2D eigenvalue weighted by molar-refractivity contribution is 7.14. The number of esters is 1. The van der Waals surface area contributed by atoms with Crippen molar-refractivity contribution in [1.82, 2.24) is 4.90 Å². The number of hydrogen-bond acceptors (Lipinski definition) is 6. The van der Waals surface area contributed by atoms with Gasteiger partial charge in [0.2, 0.25) is 5.91 Å². The number of nitrogens with one attached hydrogen (secondary N) is 1. The van der Waals surface area contributed by atoms with Crippen molar-refractivity contribution in [2.75, 3.05) is 11.9 Å². The van der Waals surface area contributed by atoms with E-state index in [0.29, 0.717) is 11.5 Å². The van der Waals surface area contributed by atoms with E-state index in [1.807, 2.05) is 0 Å². The fourth-order valence-electron chi connectivity index (χ4n) is 3.60. The molecule has 1 aromatic rings.